The molecule has 5 rings (SSSR count). The number of benzene rings is 2. The molecule has 0 spiro atoms. The summed E-state index contributed by atoms with van der Waals surface area (Å²) in [7, 11) is 0. The van der Waals surface area contributed by atoms with Crippen LogP contribution in [-0.2, 0) is 0 Å². The number of fused-ring (bicyclic) bond motifs is 2. The second kappa shape index (κ2) is 7.18. The smallest absolute Gasteiger partial charge is 0.257 e. The van der Waals surface area contributed by atoms with E-state index in [1.54, 1.807) is 12.1 Å². The second-order valence-corrected chi connectivity index (χ2v) is 7.57. The van der Waals surface area contributed by atoms with Crippen LogP contribution in [0.2, 0.25) is 0 Å². The first-order chi connectivity index (χ1) is 14.2. The van der Waals surface area contributed by atoms with Crippen LogP contribution >= 0.6 is 11.3 Å². The molecule has 0 aliphatic carbocycles. The van der Waals surface area contributed by atoms with Crippen LogP contribution in [-0.4, -0.2) is 29.1 Å². The predicted octanol–water partition coefficient (Wildman–Crippen LogP) is 4.69. The quantitative estimate of drug-likeness (QED) is 0.537. The lowest BCUT2D eigenvalue weighted by Crippen LogP contribution is -2.15. The normalized spacial score (nSPS) is 12.7. The van der Waals surface area contributed by atoms with E-state index in [4.69, 9.17) is 9.47 Å². The van der Waals surface area contributed by atoms with Crippen LogP contribution in [0.1, 0.15) is 16.1 Å². The van der Waals surface area contributed by atoms with Gasteiger partial charge in [-0.25, -0.2) is 4.98 Å². The van der Waals surface area contributed by atoms with Gasteiger partial charge in [-0.1, -0.05) is 12.1 Å². The molecule has 1 amide bonds. The van der Waals surface area contributed by atoms with Gasteiger partial charge in [-0.05, 0) is 43.3 Å². The molecular weight excluding hydrogens is 386 g/mol. The Balaban J connectivity index is 1.36. The number of rotatable bonds is 3. The molecule has 3 heterocycles. The third-order valence-corrected chi connectivity index (χ3v) is 5.41. The van der Waals surface area contributed by atoms with Crippen LogP contribution in [0.25, 0.3) is 22.2 Å². The zero-order valence-corrected chi connectivity index (χ0v) is 16.5. The number of amides is 1. The van der Waals surface area contributed by atoms with Gasteiger partial charge in [0.1, 0.15) is 13.2 Å². The molecule has 2 aromatic carbocycles. The molecule has 0 bridgehead atoms. The fourth-order valence-corrected chi connectivity index (χ4v) is 3.91. The summed E-state index contributed by atoms with van der Waals surface area (Å²) >= 11 is 1.38. The zero-order valence-electron chi connectivity index (χ0n) is 15.6. The zero-order chi connectivity index (χ0) is 19.8. The minimum absolute atomic E-state index is 0.210. The maximum atomic E-state index is 12.7. The summed E-state index contributed by atoms with van der Waals surface area (Å²) in [6, 6.07) is 15.2. The summed E-state index contributed by atoms with van der Waals surface area (Å²) < 4.78 is 11.2. The van der Waals surface area contributed by atoms with Gasteiger partial charge in [0.05, 0.1) is 11.2 Å². The fourth-order valence-electron chi connectivity index (χ4n) is 3.20. The first-order valence-corrected chi connectivity index (χ1v) is 10.1. The molecule has 0 unspecified atom stereocenters. The summed E-state index contributed by atoms with van der Waals surface area (Å²) in [5.41, 5.74) is 3.95. The number of hydrogen-bond acceptors (Lipinski definition) is 6. The number of aromatic nitrogens is 2. The van der Waals surface area contributed by atoms with Gasteiger partial charge in [-0.3, -0.25) is 15.1 Å². The molecule has 0 fully saturated rings. The highest BCUT2D eigenvalue weighted by Gasteiger charge is 2.15. The number of carbonyl (C=O) groups excluding carboxylic acids is 1. The molecule has 144 valence electrons. The molecular formula is C22H17N3O3S. The number of anilines is 1. The number of nitrogens with one attached hydrogen (secondary N) is 1. The molecule has 1 aliphatic heterocycles. The molecule has 0 radical (unpaired) electrons. The van der Waals surface area contributed by atoms with Crippen molar-refractivity contribution in [1.29, 1.82) is 0 Å². The molecule has 6 nitrogen and oxygen atoms in total. The molecule has 0 saturated carbocycles. The lowest BCUT2D eigenvalue weighted by molar-refractivity contribution is 0.102. The molecule has 0 atom stereocenters. The maximum absolute atomic E-state index is 12.7. The van der Waals surface area contributed by atoms with Crippen molar-refractivity contribution >= 4 is 33.3 Å². The highest BCUT2D eigenvalue weighted by Crippen LogP contribution is 2.35. The third kappa shape index (κ3) is 3.52. The summed E-state index contributed by atoms with van der Waals surface area (Å²) in [5, 5.41) is 6.33. The van der Waals surface area contributed by atoms with Gasteiger partial charge in [-0.15, -0.1) is 11.3 Å². The van der Waals surface area contributed by atoms with Crippen LogP contribution < -0.4 is 14.8 Å². The van der Waals surface area contributed by atoms with Crippen LogP contribution in [0.4, 0.5) is 5.13 Å². The minimum atomic E-state index is -0.210. The average molecular weight is 403 g/mol. The molecule has 0 saturated heterocycles. The van der Waals surface area contributed by atoms with E-state index in [1.165, 1.54) is 11.3 Å². The van der Waals surface area contributed by atoms with Crippen molar-refractivity contribution in [1.82, 2.24) is 9.97 Å². The van der Waals surface area contributed by atoms with Gasteiger partial charge in [0.15, 0.2) is 16.6 Å². The van der Waals surface area contributed by atoms with Crippen molar-refractivity contribution in [3.63, 3.8) is 0 Å². The maximum Gasteiger partial charge on any atom is 0.257 e. The summed E-state index contributed by atoms with van der Waals surface area (Å²) in [5.74, 6) is 1.24. The van der Waals surface area contributed by atoms with Gasteiger partial charge in [0.25, 0.3) is 5.91 Å². The Bertz CT molecular complexity index is 1240. The van der Waals surface area contributed by atoms with Crippen LogP contribution in [0.3, 0.4) is 0 Å². The molecule has 1 N–H and O–H groups in total. The minimum Gasteiger partial charge on any atom is -0.486 e. The Morgan fingerprint density at radius 3 is 2.72 bits per heavy atom. The van der Waals surface area contributed by atoms with Gasteiger partial charge in [-0.2, -0.15) is 0 Å². The Hall–Kier alpha value is -3.45. The number of aryl methyl sites for hydroxylation is 1. The topological polar surface area (TPSA) is 73.3 Å². The standard InChI is InChI=1S/C22H17N3O3S/c1-13-2-3-14-4-5-16(10-17(14)23-13)21(26)25-22-24-18(12-29-22)15-6-7-19-20(11-15)28-9-8-27-19/h2-7,10-12H,8-9H2,1H3,(H,24,25,26). The van der Waals surface area contributed by atoms with Crippen molar-refractivity contribution < 1.29 is 14.3 Å². The van der Waals surface area contributed by atoms with Crippen molar-refractivity contribution in [3.8, 4) is 22.8 Å². The first kappa shape index (κ1) is 17.6. The van der Waals surface area contributed by atoms with Crippen molar-refractivity contribution in [2.45, 2.75) is 6.92 Å². The number of pyridine rings is 1. The van der Waals surface area contributed by atoms with E-state index in [-0.39, 0.29) is 5.91 Å². The lowest BCUT2D eigenvalue weighted by Gasteiger charge is -2.18. The third-order valence-electron chi connectivity index (χ3n) is 4.66. The lowest BCUT2D eigenvalue weighted by atomic mass is 10.1. The molecule has 1 aliphatic rings. The van der Waals surface area contributed by atoms with E-state index >= 15 is 0 Å². The van der Waals surface area contributed by atoms with Gasteiger partial charge in [0.2, 0.25) is 0 Å². The Kier molecular flexibility index (Phi) is 4.37. The predicted molar refractivity (Wildman–Crippen MR) is 113 cm³/mol. The fraction of sp³-hybridized carbons (Fsp3) is 0.136. The van der Waals surface area contributed by atoms with Crippen molar-refractivity contribution in [3.05, 3.63) is 65.2 Å². The molecule has 2 aromatic heterocycles. The van der Waals surface area contributed by atoms with E-state index in [2.05, 4.69) is 15.3 Å². The Morgan fingerprint density at radius 1 is 1.00 bits per heavy atom. The second-order valence-electron chi connectivity index (χ2n) is 6.71. The highest BCUT2D eigenvalue weighted by atomic mass is 32.1. The van der Waals surface area contributed by atoms with Crippen LogP contribution in [0, 0.1) is 6.92 Å². The van der Waals surface area contributed by atoms with E-state index in [9.17, 15) is 4.79 Å². The van der Waals surface area contributed by atoms with Crippen molar-refractivity contribution in [2.75, 3.05) is 18.5 Å². The first-order valence-electron chi connectivity index (χ1n) is 9.20. The molecule has 7 heteroatoms. The van der Waals surface area contributed by atoms with E-state index in [0.29, 0.717) is 29.7 Å². The number of hydrogen-bond donors (Lipinski definition) is 1. The van der Waals surface area contributed by atoms with Gasteiger partial charge >= 0.3 is 0 Å². The number of carbonyl (C=O) groups is 1. The van der Waals surface area contributed by atoms with Gasteiger partial charge in [0, 0.05) is 27.6 Å². The van der Waals surface area contributed by atoms with Gasteiger partial charge < -0.3 is 9.47 Å². The van der Waals surface area contributed by atoms with Crippen molar-refractivity contribution in [2.24, 2.45) is 0 Å². The SMILES string of the molecule is Cc1ccc2ccc(C(=O)Nc3nc(-c4ccc5c(c4)OCCO5)cs3)cc2n1. The largest absolute Gasteiger partial charge is 0.486 e. The van der Waals surface area contributed by atoms with Crippen LogP contribution in [0.15, 0.2) is 53.9 Å². The monoisotopic (exact) mass is 403 g/mol. The van der Waals surface area contributed by atoms with E-state index in [1.807, 2.05) is 48.7 Å². The van der Waals surface area contributed by atoms with Crippen LogP contribution in [0.5, 0.6) is 11.5 Å². The summed E-state index contributed by atoms with van der Waals surface area (Å²) in [6.45, 7) is 3.03. The Labute approximate surface area is 171 Å². The average Bonchev–Trinajstić information content (AvgIpc) is 3.21. The highest BCUT2D eigenvalue weighted by molar-refractivity contribution is 7.14. The number of ether oxygens (including phenoxy) is 2. The Morgan fingerprint density at radius 2 is 1.83 bits per heavy atom. The number of thiazole rings is 1. The molecule has 29 heavy (non-hydrogen) atoms. The summed E-state index contributed by atoms with van der Waals surface area (Å²) in [6.07, 6.45) is 0. The number of nitrogens with zero attached hydrogens (tertiary/aromatic N) is 2. The van der Waals surface area contributed by atoms with E-state index < -0.39 is 0 Å². The molecule has 4 aromatic rings. The summed E-state index contributed by atoms with van der Waals surface area (Å²) in [4.78, 5) is 21.7. The van der Waals surface area contributed by atoms with E-state index in [0.717, 1.165) is 33.6 Å².